The minimum Gasteiger partial charge on any atom is -0.445 e. The Morgan fingerprint density at radius 3 is 2.52 bits per heavy atom. The van der Waals surface area contributed by atoms with Gasteiger partial charge in [-0.3, -0.25) is 24.1 Å². The molecule has 0 aliphatic carbocycles. The molecule has 1 aromatic rings. The number of hydrogen-bond acceptors (Lipinski definition) is 7. The Morgan fingerprint density at radius 1 is 1.12 bits per heavy atom. The summed E-state index contributed by atoms with van der Waals surface area (Å²) in [6.07, 6.45) is 4.24. The number of alkyl halides is 2. The lowest BCUT2D eigenvalue weighted by Gasteiger charge is -2.21. The Kier molecular flexibility index (Phi) is 11.8. The molecular formula is C28H37F2N5O7. The molecular weight excluding hydrogens is 556 g/mol. The van der Waals surface area contributed by atoms with E-state index in [0.29, 0.717) is 30.8 Å². The maximum atomic E-state index is 13.6. The van der Waals surface area contributed by atoms with E-state index in [1.807, 2.05) is 6.08 Å². The maximum absolute atomic E-state index is 13.6. The highest BCUT2D eigenvalue weighted by Gasteiger charge is 2.47. The summed E-state index contributed by atoms with van der Waals surface area (Å²) in [5.41, 5.74) is 0.957. The largest absolute Gasteiger partial charge is 0.445 e. The summed E-state index contributed by atoms with van der Waals surface area (Å²) in [5.74, 6) is -4.37. The van der Waals surface area contributed by atoms with Crippen LogP contribution in [0.25, 0.3) is 0 Å². The van der Waals surface area contributed by atoms with Gasteiger partial charge in [-0.1, -0.05) is 24.6 Å². The first kappa shape index (κ1) is 32.4. The third kappa shape index (κ3) is 10.1. The standard InChI is InChI=1S/C28H37F2N5O7/c1-19(32-24(38)15-31-23(37)6-3-2-4-12-34-13-5-7-25(34)39)26(40)33-21-10-8-20(9-11-21)17-42-27(41)35-18-28(29,30)14-22(35)16-36/h5,7-11,19,22,36H,2-4,6,12-18H2,1H3,(H,31,37)(H,32,38)(H,33,40). The zero-order valence-electron chi connectivity index (χ0n) is 23.4. The molecule has 42 heavy (non-hydrogen) atoms. The molecule has 5 amide bonds. The Labute approximate surface area is 242 Å². The molecule has 14 heteroatoms. The lowest BCUT2D eigenvalue weighted by Crippen LogP contribution is -2.45. The average molecular weight is 594 g/mol. The van der Waals surface area contributed by atoms with E-state index in [4.69, 9.17) is 4.74 Å². The van der Waals surface area contributed by atoms with Gasteiger partial charge in [-0.25, -0.2) is 13.6 Å². The number of amides is 5. The summed E-state index contributed by atoms with van der Waals surface area (Å²) < 4.78 is 32.2. The van der Waals surface area contributed by atoms with Crippen LogP contribution in [0.4, 0.5) is 19.3 Å². The Morgan fingerprint density at radius 2 is 1.86 bits per heavy atom. The molecule has 0 bridgehead atoms. The highest BCUT2D eigenvalue weighted by atomic mass is 19.3. The number of carbonyl (C=O) groups excluding carboxylic acids is 5. The van der Waals surface area contributed by atoms with Gasteiger partial charge in [-0.2, -0.15) is 0 Å². The highest BCUT2D eigenvalue weighted by Crippen LogP contribution is 2.32. The van der Waals surface area contributed by atoms with Gasteiger partial charge in [0.15, 0.2) is 0 Å². The van der Waals surface area contributed by atoms with Crippen LogP contribution in [0.3, 0.4) is 0 Å². The molecule has 1 saturated heterocycles. The molecule has 4 N–H and O–H groups in total. The van der Waals surface area contributed by atoms with Gasteiger partial charge in [0.2, 0.25) is 23.6 Å². The van der Waals surface area contributed by atoms with E-state index < -0.39 is 55.5 Å². The van der Waals surface area contributed by atoms with Crippen LogP contribution in [-0.2, 0) is 30.5 Å². The van der Waals surface area contributed by atoms with E-state index in [2.05, 4.69) is 16.0 Å². The van der Waals surface area contributed by atoms with Crippen LogP contribution in [0.2, 0.25) is 0 Å². The van der Waals surface area contributed by atoms with Gasteiger partial charge >= 0.3 is 6.09 Å². The van der Waals surface area contributed by atoms with Crippen LogP contribution >= 0.6 is 0 Å². The van der Waals surface area contributed by atoms with Crippen LogP contribution in [0.15, 0.2) is 36.4 Å². The van der Waals surface area contributed by atoms with E-state index in [1.54, 1.807) is 35.2 Å². The van der Waals surface area contributed by atoms with Gasteiger partial charge in [-0.05, 0) is 37.5 Å². The fourth-order valence-corrected chi connectivity index (χ4v) is 4.51. The molecule has 0 radical (unpaired) electrons. The van der Waals surface area contributed by atoms with Crippen LogP contribution in [-0.4, -0.2) is 95.4 Å². The normalized spacial score (nSPS) is 18.1. The van der Waals surface area contributed by atoms with Gasteiger partial charge in [-0.15, -0.1) is 0 Å². The van der Waals surface area contributed by atoms with Crippen molar-refractivity contribution in [1.82, 2.24) is 20.4 Å². The van der Waals surface area contributed by atoms with Crippen molar-refractivity contribution in [1.29, 1.82) is 0 Å². The quantitative estimate of drug-likeness (QED) is 0.238. The molecule has 230 valence electrons. The van der Waals surface area contributed by atoms with Crippen molar-refractivity contribution >= 4 is 35.4 Å². The Bertz CT molecular complexity index is 1160. The molecule has 3 rings (SSSR count). The number of carbonyl (C=O) groups is 5. The molecule has 0 spiro atoms. The molecule has 1 aromatic carbocycles. The van der Waals surface area contributed by atoms with Crippen molar-refractivity contribution in [3.8, 4) is 0 Å². The molecule has 0 aromatic heterocycles. The minimum atomic E-state index is -3.08. The molecule has 2 atom stereocenters. The smallest absolute Gasteiger partial charge is 0.410 e. The lowest BCUT2D eigenvalue weighted by molar-refractivity contribution is -0.128. The van der Waals surface area contributed by atoms with E-state index in [1.165, 1.54) is 6.92 Å². The van der Waals surface area contributed by atoms with Gasteiger partial charge in [0, 0.05) is 37.7 Å². The second-order valence-corrected chi connectivity index (χ2v) is 10.3. The SMILES string of the molecule is CC(NC(=O)CNC(=O)CCCCCN1CC=CC1=O)C(=O)Nc1ccc(COC(=O)N2CC(F)(F)CC2CO)cc1. The number of hydrogen-bond donors (Lipinski definition) is 4. The van der Waals surface area contributed by atoms with E-state index in [0.717, 1.165) is 17.7 Å². The molecule has 2 unspecified atom stereocenters. The van der Waals surface area contributed by atoms with E-state index in [9.17, 15) is 37.9 Å². The summed E-state index contributed by atoms with van der Waals surface area (Å²) in [6.45, 7) is 0.894. The van der Waals surface area contributed by atoms with Crippen molar-refractivity contribution in [3.63, 3.8) is 0 Å². The predicted octanol–water partition coefficient (Wildman–Crippen LogP) is 1.54. The fourth-order valence-electron chi connectivity index (χ4n) is 4.51. The summed E-state index contributed by atoms with van der Waals surface area (Å²) in [5, 5.41) is 16.9. The van der Waals surface area contributed by atoms with Crippen molar-refractivity contribution < 1.29 is 42.6 Å². The highest BCUT2D eigenvalue weighted by molar-refractivity contribution is 5.97. The van der Waals surface area contributed by atoms with Crippen LogP contribution in [0.1, 0.15) is 44.6 Å². The first-order chi connectivity index (χ1) is 20.0. The molecule has 0 saturated carbocycles. The van der Waals surface area contributed by atoms with Crippen LogP contribution in [0, 0.1) is 0 Å². The number of likely N-dealkylation sites (tertiary alicyclic amines) is 1. The Hall–Kier alpha value is -4.07. The zero-order valence-corrected chi connectivity index (χ0v) is 23.4. The number of halogens is 2. The first-order valence-electron chi connectivity index (χ1n) is 13.8. The van der Waals surface area contributed by atoms with Crippen molar-refractivity contribution in [2.75, 3.05) is 38.1 Å². The van der Waals surface area contributed by atoms with E-state index >= 15 is 0 Å². The minimum absolute atomic E-state index is 0.00546. The van der Waals surface area contributed by atoms with Crippen LogP contribution < -0.4 is 16.0 Å². The van der Waals surface area contributed by atoms with E-state index in [-0.39, 0.29) is 31.4 Å². The molecule has 2 heterocycles. The number of ether oxygens (including phenoxy) is 1. The first-order valence-corrected chi connectivity index (χ1v) is 13.8. The predicted molar refractivity (Wildman–Crippen MR) is 147 cm³/mol. The third-order valence-electron chi connectivity index (χ3n) is 6.85. The Balaban J connectivity index is 1.29. The second-order valence-electron chi connectivity index (χ2n) is 10.3. The molecule has 1 fully saturated rings. The van der Waals surface area contributed by atoms with Gasteiger partial charge in [0.25, 0.3) is 5.92 Å². The van der Waals surface area contributed by atoms with Crippen molar-refractivity contribution in [2.24, 2.45) is 0 Å². The van der Waals surface area contributed by atoms with Gasteiger partial charge < -0.3 is 30.7 Å². The second kappa shape index (κ2) is 15.2. The van der Waals surface area contributed by atoms with Crippen molar-refractivity contribution in [2.45, 2.75) is 63.6 Å². The number of unbranched alkanes of at least 4 members (excludes halogenated alkanes) is 2. The molecule has 2 aliphatic heterocycles. The topological polar surface area (TPSA) is 157 Å². The fraction of sp³-hybridized carbons (Fsp3) is 0.536. The number of nitrogens with zero attached hydrogens (tertiary/aromatic N) is 2. The maximum Gasteiger partial charge on any atom is 0.410 e. The average Bonchev–Trinajstić information content (AvgIpc) is 3.51. The number of anilines is 1. The number of aliphatic hydroxyl groups is 1. The summed E-state index contributed by atoms with van der Waals surface area (Å²) in [4.78, 5) is 62.9. The van der Waals surface area contributed by atoms with Gasteiger partial charge in [0.05, 0.1) is 25.7 Å². The number of aliphatic hydroxyl groups excluding tert-OH is 1. The summed E-state index contributed by atoms with van der Waals surface area (Å²) in [6, 6.07) is 4.36. The van der Waals surface area contributed by atoms with Gasteiger partial charge in [0.1, 0.15) is 12.6 Å². The summed E-state index contributed by atoms with van der Waals surface area (Å²) in [7, 11) is 0. The lowest BCUT2D eigenvalue weighted by atomic mass is 10.2. The monoisotopic (exact) mass is 593 g/mol. The zero-order chi connectivity index (χ0) is 30.7. The number of rotatable bonds is 14. The number of nitrogens with one attached hydrogen (secondary N) is 3. The van der Waals surface area contributed by atoms with Crippen LogP contribution in [0.5, 0.6) is 0 Å². The molecule has 12 nitrogen and oxygen atoms in total. The number of benzene rings is 1. The third-order valence-corrected chi connectivity index (χ3v) is 6.85. The van der Waals surface area contributed by atoms with Crippen molar-refractivity contribution in [3.05, 3.63) is 42.0 Å². The summed E-state index contributed by atoms with van der Waals surface area (Å²) >= 11 is 0. The molecule has 2 aliphatic rings.